The van der Waals surface area contributed by atoms with Gasteiger partial charge >= 0.3 is 0 Å². The summed E-state index contributed by atoms with van der Waals surface area (Å²) in [6.07, 6.45) is 4.83. The maximum Gasteiger partial charge on any atom is 0.219 e. The van der Waals surface area contributed by atoms with Gasteiger partial charge in [0.05, 0.1) is 0 Å². The van der Waals surface area contributed by atoms with Gasteiger partial charge in [-0.1, -0.05) is 6.92 Å². The van der Waals surface area contributed by atoms with E-state index in [1.807, 2.05) is 6.92 Å². The number of nitrogens with zero attached hydrogens (tertiary/aromatic N) is 2. The molecule has 0 saturated heterocycles. The van der Waals surface area contributed by atoms with Gasteiger partial charge in [0.15, 0.2) is 5.82 Å². The van der Waals surface area contributed by atoms with Gasteiger partial charge in [0.25, 0.3) is 0 Å². The first kappa shape index (κ1) is 15.0. The molecule has 3 N–H and O–H groups in total. The molecule has 1 fully saturated rings. The molecule has 6 nitrogen and oxygen atoms in total. The number of nitrogens with two attached hydrogens (primary N) is 1. The lowest BCUT2D eigenvalue weighted by Crippen LogP contribution is -2.24. The molecule has 1 aromatic rings. The molecule has 0 amide bonds. The summed E-state index contributed by atoms with van der Waals surface area (Å²) in [5.74, 6) is 7.94. The molecule has 1 saturated carbocycles. The highest BCUT2D eigenvalue weighted by Crippen LogP contribution is 2.27. The van der Waals surface area contributed by atoms with Crippen LogP contribution in [0.1, 0.15) is 45.4 Å². The quantitative estimate of drug-likeness (QED) is 0.614. The van der Waals surface area contributed by atoms with E-state index in [-0.39, 0.29) is 6.10 Å². The molecular weight excluding hydrogens is 256 g/mol. The second-order valence-electron chi connectivity index (χ2n) is 5.29. The Balaban J connectivity index is 2.02. The van der Waals surface area contributed by atoms with E-state index in [0.717, 1.165) is 18.8 Å². The minimum atomic E-state index is 0.242. The Hall–Kier alpha value is -1.40. The number of hydrazine groups is 1. The number of nitrogens with one attached hydrogen (secondary N) is 1. The van der Waals surface area contributed by atoms with Crippen LogP contribution in [0, 0.1) is 5.92 Å². The number of rotatable bonds is 6. The normalized spacial score (nSPS) is 22.6. The first-order valence-electron chi connectivity index (χ1n) is 7.30. The highest BCUT2D eigenvalue weighted by Gasteiger charge is 2.20. The van der Waals surface area contributed by atoms with Crippen LogP contribution in [0.5, 0.6) is 5.88 Å². The van der Waals surface area contributed by atoms with E-state index < -0.39 is 0 Å². The van der Waals surface area contributed by atoms with Gasteiger partial charge in [-0.3, -0.25) is 0 Å². The molecule has 1 heterocycles. The van der Waals surface area contributed by atoms with Crippen molar-refractivity contribution in [3.8, 4) is 5.88 Å². The van der Waals surface area contributed by atoms with Crippen molar-refractivity contribution in [2.45, 2.75) is 52.2 Å². The summed E-state index contributed by atoms with van der Waals surface area (Å²) in [5, 5.41) is 0. The van der Waals surface area contributed by atoms with Gasteiger partial charge in [0, 0.05) is 12.7 Å². The zero-order valence-corrected chi connectivity index (χ0v) is 12.3. The van der Waals surface area contributed by atoms with Gasteiger partial charge in [0.1, 0.15) is 18.5 Å². The summed E-state index contributed by atoms with van der Waals surface area (Å²) < 4.78 is 11.3. The van der Waals surface area contributed by atoms with Crippen molar-refractivity contribution >= 4 is 5.82 Å². The Bertz CT molecular complexity index is 420. The summed E-state index contributed by atoms with van der Waals surface area (Å²) in [6.45, 7) is 5.22. The van der Waals surface area contributed by atoms with Crippen LogP contribution in [0.25, 0.3) is 0 Å². The van der Waals surface area contributed by atoms with Crippen molar-refractivity contribution in [3.05, 3.63) is 11.9 Å². The van der Waals surface area contributed by atoms with Crippen LogP contribution in [0.3, 0.4) is 0 Å². The van der Waals surface area contributed by atoms with E-state index in [1.54, 1.807) is 6.07 Å². The molecule has 112 valence electrons. The maximum atomic E-state index is 5.96. The molecule has 1 aromatic heterocycles. The molecule has 0 aromatic carbocycles. The SMILES string of the molecule is CCOCc1nc(NN)cc(OC2CCC(C)CC2)n1. The van der Waals surface area contributed by atoms with Crippen LogP contribution in [0.15, 0.2) is 6.07 Å². The van der Waals surface area contributed by atoms with Crippen LogP contribution in [0.4, 0.5) is 5.82 Å². The Labute approximate surface area is 120 Å². The second-order valence-corrected chi connectivity index (χ2v) is 5.29. The van der Waals surface area contributed by atoms with E-state index in [4.69, 9.17) is 15.3 Å². The Morgan fingerprint density at radius 3 is 2.70 bits per heavy atom. The molecule has 0 unspecified atom stereocenters. The van der Waals surface area contributed by atoms with Gasteiger partial charge in [0.2, 0.25) is 5.88 Å². The van der Waals surface area contributed by atoms with Crippen molar-refractivity contribution in [3.63, 3.8) is 0 Å². The summed E-state index contributed by atoms with van der Waals surface area (Å²) in [6, 6.07) is 1.73. The third kappa shape index (κ3) is 4.31. The summed E-state index contributed by atoms with van der Waals surface area (Å²) in [7, 11) is 0. The van der Waals surface area contributed by atoms with Crippen LogP contribution in [-0.4, -0.2) is 22.7 Å². The van der Waals surface area contributed by atoms with E-state index >= 15 is 0 Å². The largest absolute Gasteiger partial charge is 0.474 e. The number of hydrogen-bond acceptors (Lipinski definition) is 6. The van der Waals surface area contributed by atoms with Gasteiger partial charge in [-0.15, -0.1) is 0 Å². The molecular formula is C14H24N4O2. The van der Waals surface area contributed by atoms with Crippen molar-refractivity contribution < 1.29 is 9.47 Å². The fraction of sp³-hybridized carbons (Fsp3) is 0.714. The van der Waals surface area contributed by atoms with Crippen molar-refractivity contribution in [2.24, 2.45) is 11.8 Å². The lowest BCUT2D eigenvalue weighted by molar-refractivity contribution is 0.119. The predicted octanol–water partition coefficient (Wildman–Crippen LogP) is 2.26. The van der Waals surface area contributed by atoms with Crippen LogP contribution >= 0.6 is 0 Å². The Morgan fingerprint density at radius 2 is 2.05 bits per heavy atom. The van der Waals surface area contributed by atoms with E-state index in [1.165, 1.54) is 12.8 Å². The lowest BCUT2D eigenvalue weighted by Gasteiger charge is -2.26. The molecule has 0 aliphatic heterocycles. The summed E-state index contributed by atoms with van der Waals surface area (Å²) in [5.41, 5.74) is 2.54. The number of nitrogen functional groups attached to an aromatic ring is 1. The highest BCUT2D eigenvalue weighted by molar-refractivity contribution is 5.37. The standard InChI is InChI=1S/C14H24N4O2/c1-3-19-9-13-16-12(18-15)8-14(17-13)20-11-6-4-10(2)5-7-11/h8,10-11H,3-7,9,15H2,1-2H3,(H,16,17,18). The predicted molar refractivity (Wildman–Crippen MR) is 77.2 cm³/mol. The van der Waals surface area contributed by atoms with E-state index in [2.05, 4.69) is 22.3 Å². The molecule has 0 radical (unpaired) electrons. The first-order valence-corrected chi connectivity index (χ1v) is 7.30. The average molecular weight is 280 g/mol. The number of hydrogen-bond donors (Lipinski definition) is 2. The number of aromatic nitrogens is 2. The van der Waals surface area contributed by atoms with Gasteiger partial charge < -0.3 is 14.9 Å². The average Bonchev–Trinajstić information content (AvgIpc) is 2.47. The van der Waals surface area contributed by atoms with Gasteiger partial charge in [-0.05, 0) is 38.5 Å². The topological polar surface area (TPSA) is 82.3 Å². The van der Waals surface area contributed by atoms with Crippen molar-refractivity contribution in [1.82, 2.24) is 9.97 Å². The van der Waals surface area contributed by atoms with E-state index in [9.17, 15) is 0 Å². The third-order valence-electron chi connectivity index (χ3n) is 3.58. The van der Waals surface area contributed by atoms with Gasteiger partial charge in [-0.2, -0.15) is 4.98 Å². The fourth-order valence-electron chi connectivity index (χ4n) is 2.38. The zero-order valence-electron chi connectivity index (χ0n) is 12.3. The highest BCUT2D eigenvalue weighted by atomic mass is 16.5. The van der Waals surface area contributed by atoms with Gasteiger partial charge in [-0.25, -0.2) is 10.8 Å². The minimum absolute atomic E-state index is 0.242. The molecule has 0 spiro atoms. The molecule has 6 heteroatoms. The van der Waals surface area contributed by atoms with Crippen LogP contribution in [-0.2, 0) is 11.3 Å². The summed E-state index contributed by atoms with van der Waals surface area (Å²) >= 11 is 0. The van der Waals surface area contributed by atoms with Crippen molar-refractivity contribution in [1.29, 1.82) is 0 Å². The minimum Gasteiger partial charge on any atom is -0.474 e. The number of ether oxygens (including phenoxy) is 2. The molecule has 1 aliphatic rings. The Morgan fingerprint density at radius 1 is 1.30 bits per heavy atom. The van der Waals surface area contributed by atoms with Crippen LogP contribution < -0.4 is 16.0 Å². The molecule has 20 heavy (non-hydrogen) atoms. The second kappa shape index (κ2) is 7.40. The molecule has 0 bridgehead atoms. The monoisotopic (exact) mass is 280 g/mol. The zero-order chi connectivity index (χ0) is 14.4. The van der Waals surface area contributed by atoms with E-state index in [0.29, 0.717) is 30.7 Å². The van der Waals surface area contributed by atoms with Crippen LogP contribution in [0.2, 0.25) is 0 Å². The molecule has 0 atom stereocenters. The van der Waals surface area contributed by atoms with Crippen molar-refractivity contribution in [2.75, 3.05) is 12.0 Å². The molecule has 1 aliphatic carbocycles. The number of anilines is 1. The summed E-state index contributed by atoms with van der Waals surface area (Å²) in [4.78, 5) is 8.62. The lowest BCUT2D eigenvalue weighted by atomic mass is 9.89. The maximum absolute atomic E-state index is 5.96. The Kier molecular flexibility index (Phi) is 5.55. The smallest absolute Gasteiger partial charge is 0.219 e. The third-order valence-corrected chi connectivity index (χ3v) is 3.58. The molecule has 2 rings (SSSR count). The first-order chi connectivity index (χ1) is 9.71. The fourth-order valence-corrected chi connectivity index (χ4v) is 2.38.